The number of hydrogen-bond donors (Lipinski definition) is 2. The van der Waals surface area contributed by atoms with Crippen LogP contribution in [0, 0.1) is 0 Å². The first-order valence-corrected chi connectivity index (χ1v) is 9.89. The van der Waals surface area contributed by atoms with Crippen LogP contribution in [0.5, 0.6) is 0 Å². The number of fused-ring (bicyclic) bond motifs is 1. The van der Waals surface area contributed by atoms with Crippen molar-refractivity contribution in [2.24, 2.45) is 5.73 Å². The fourth-order valence-corrected chi connectivity index (χ4v) is 5.47. The summed E-state index contributed by atoms with van der Waals surface area (Å²) in [5.41, 5.74) is 7.65. The summed E-state index contributed by atoms with van der Waals surface area (Å²) in [7, 11) is -3.06. The van der Waals surface area contributed by atoms with Gasteiger partial charge in [0.15, 0.2) is 9.84 Å². The molecule has 2 aromatic rings. The maximum absolute atomic E-state index is 12.2. The molecule has 1 aromatic carbocycles. The van der Waals surface area contributed by atoms with E-state index in [0.717, 1.165) is 15.4 Å². The topological polar surface area (TPSA) is 93.0 Å². The van der Waals surface area contributed by atoms with Crippen molar-refractivity contribution in [3.63, 3.8) is 0 Å². The molecule has 1 aromatic heterocycles. The minimum absolute atomic E-state index is 0.136. The lowest BCUT2D eigenvalue weighted by atomic mass is 9.87. The number of carbonyl (C=O) groups is 1. The van der Waals surface area contributed by atoms with Crippen LogP contribution < -0.4 is 5.73 Å². The van der Waals surface area contributed by atoms with Crippen molar-refractivity contribution in [1.82, 2.24) is 4.98 Å². The number of hydrogen-bond acceptors (Lipinski definition) is 3. The van der Waals surface area contributed by atoms with Gasteiger partial charge in [0.25, 0.3) is 5.91 Å². The Bertz CT molecular complexity index is 899. The maximum Gasteiger partial charge on any atom is 0.250 e. The summed E-state index contributed by atoms with van der Waals surface area (Å²) < 4.78 is 24.4. The SMILES string of the molecule is CC1(C)C[C@H](c2c[nH]c3c(C(N)=O)cc(Br)cc23)CCS1(=O)=O. The number of sulfone groups is 1. The van der Waals surface area contributed by atoms with Crippen LogP contribution in [0.1, 0.15) is 48.5 Å². The predicted molar refractivity (Wildman–Crippen MR) is 94.4 cm³/mol. The third-order valence-electron chi connectivity index (χ3n) is 4.81. The number of nitrogens with one attached hydrogen (secondary N) is 1. The van der Waals surface area contributed by atoms with E-state index in [2.05, 4.69) is 20.9 Å². The van der Waals surface area contributed by atoms with Crippen LogP contribution in [0.4, 0.5) is 0 Å². The minimum Gasteiger partial charge on any atom is -0.366 e. The summed E-state index contributed by atoms with van der Waals surface area (Å²) in [6, 6.07) is 3.64. The van der Waals surface area contributed by atoms with E-state index in [4.69, 9.17) is 5.73 Å². The molecule has 1 aliphatic rings. The summed E-state index contributed by atoms with van der Waals surface area (Å²) in [4.78, 5) is 14.8. The Balaban J connectivity index is 2.10. The van der Waals surface area contributed by atoms with Crippen LogP contribution in [0.3, 0.4) is 0 Å². The number of H-pyrrole nitrogens is 1. The molecule has 0 aliphatic carbocycles. The van der Waals surface area contributed by atoms with E-state index in [1.54, 1.807) is 19.9 Å². The van der Waals surface area contributed by atoms with Crippen LogP contribution >= 0.6 is 15.9 Å². The van der Waals surface area contributed by atoms with Crippen LogP contribution in [-0.2, 0) is 9.84 Å². The zero-order valence-corrected chi connectivity index (χ0v) is 15.4. The van der Waals surface area contributed by atoms with Crippen LogP contribution in [0.25, 0.3) is 10.9 Å². The second kappa shape index (κ2) is 5.34. The van der Waals surface area contributed by atoms with Gasteiger partial charge in [0.1, 0.15) is 0 Å². The lowest BCUT2D eigenvalue weighted by Crippen LogP contribution is -2.40. The molecular formula is C16H19BrN2O3S. The van der Waals surface area contributed by atoms with E-state index in [-0.39, 0.29) is 11.7 Å². The summed E-state index contributed by atoms with van der Waals surface area (Å²) >= 11 is 3.42. The van der Waals surface area contributed by atoms with Crippen molar-refractivity contribution in [2.45, 2.75) is 37.4 Å². The molecule has 1 saturated heterocycles. The smallest absolute Gasteiger partial charge is 0.250 e. The van der Waals surface area contributed by atoms with Crippen molar-refractivity contribution in [3.05, 3.63) is 33.9 Å². The van der Waals surface area contributed by atoms with Gasteiger partial charge in [0.05, 0.1) is 21.6 Å². The van der Waals surface area contributed by atoms with Gasteiger partial charge in [0, 0.05) is 16.1 Å². The van der Waals surface area contributed by atoms with Crippen LogP contribution in [0.2, 0.25) is 0 Å². The molecule has 3 rings (SSSR count). The van der Waals surface area contributed by atoms with Gasteiger partial charge >= 0.3 is 0 Å². The molecule has 1 atom stereocenters. The van der Waals surface area contributed by atoms with E-state index in [9.17, 15) is 13.2 Å². The van der Waals surface area contributed by atoms with Gasteiger partial charge in [-0.3, -0.25) is 4.79 Å². The second-order valence-corrected chi connectivity index (χ2v) is 10.4. The van der Waals surface area contributed by atoms with E-state index in [1.807, 2.05) is 12.3 Å². The molecule has 2 heterocycles. The number of rotatable bonds is 2. The highest BCUT2D eigenvalue weighted by molar-refractivity contribution is 9.10. The van der Waals surface area contributed by atoms with E-state index >= 15 is 0 Å². The first-order valence-electron chi connectivity index (χ1n) is 7.45. The number of nitrogens with two attached hydrogens (primary N) is 1. The Morgan fingerprint density at radius 2 is 2.09 bits per heavy atom. The molecule has 1 amide bonds. The molecule has 1 aliphatic heterocycles. The highest BCUT2D eigenvalue weighted by atomic mass is 79.9. The number of halogens is 1. The van der Waals surface area contributed by atoms with Gasteiger partial charge < -0.3 is 10.7 Å². The summed E-state index contributed by atoms with van der Waals surface area (Å²) in [5.74, 6) is -0.165. The highest BCUT2D eigenvalue weighted by Gasteiger charge is 2.41. The highest BCUT2D eigenvalue weighted by Crippen LogP contribution is 2.42. The minimum atomic E-state index is -3.06. The molecule has 0 saturated carbocycles. The van der Waals surface area contributed by atoms with Crippen molar-refractivity contribution < 1.29 is 13.2 Å². The second-order valence-electron chi connectivity index (χ2n) is 6.75. The molecular weight excluding hydrogens is 380 g/mol. The summed E-state index contributed by atoms with van der Waals surface area (Å²) in [5, 5.41) is 0.924. The normalized spacial score (nSPS) is 23.0. The summed E-state index contributed by atoms with van der Waals surface area (Å²) in [6.07, 6.45) is 3.04. The molecule has 0 radical (unpaired) electrons. The zero-order valence-electron chi connectivity index (χ0n) is 13.0. The van der Waals surface area contributed by atoms with Crippen LogP contribution in [-0.4, -0.2) is 29.8 Å². The molecule has 0 bridgehead atoms. The Hall–Kier alpha value is -1.34. The van der Waals surface area contributed by atoms with Crippen molar-refractivity contribution in [3.8, 4) is 0 Å². The quantitative estimate of drug-likeness (QED) is 0.813. The van der Waals surface area contributed by atoms with Gasteiger partial charge in [-0.15, -0.1) is 0 Å². The first kappa shape index (κ1) is 16.5. The predicted octanol–water partition coefficient (Wildman–Crippen LogP) is 3.10. The van der Waals surface area contributed by atoms with Gasteiger partial charge in [-0.1, -0.05) is 15.9 Å². The summed E-state index contributed by atoms with van der Waals surface area (Å²) in [6.45, 7) is 3.57. The molecule has 124 valence electrons. The number of amides is 1. The van der Waals surface area contributed by atoms with Gasteiger partial charge in [0.2, 0.25) is 0 Å². The lowest BCUT2D eigenvalue weighted by molar-refractivity contribution is 0.100. The largest absolute Gasteiger partial charge is 0.366 e. The van der Waals surface area contributed by atoms with Crippen molar-refractivity contribution in [2.75, 3.05) is 5.75 Å². The number of benzene rings is 1. The fourth-order valence-electron chi connectivity index (χ4n) is 3.41. The molecule has 0 spiro atoms. The van der Waals surface area contributed by atoms with Gasteiger partial charge in [-0.2, -0.15) is 0 Å². The van der Waals surface area contributed by atoms with Crippen LogP contribution in [0.15, 0.2) is 22.8 Å². The number of primary amides is 1. The number of aromatic nitrogens is 1. The van der Waals surface area contributed by atoms with Crippen molar-refractivity contribution in [1.29, 1.82) is 0 Å². The van der Waals surface area contributed by atoms with E-state index in [0.29, 0.717) is 23.9 Å². The monoisotopic (exact) mass is 398 g/mol. The molecule has 7 heteroatoms. The van der Waals surface area contributed by atoms with E-state index in [1.165, 1.54) is 0 Å². The molecule has 5 nitrogen and oxygen atoms in total. The average Bonchev–Trinajstić information content (AvgIpc) is 2.84. The Morgan fingerprint density at radius 1 is 1.39 bits per heavy atom. The molecule has 1 fully saturated rings. The van der Waals surface area contributed by atoms with Gasteiger partial charge in [-0.25, -0.2) is 8.42 Å². The fraction of sp³-hybridized carbons (Fsp3) is 0.438. The third-order valence-corrected chi connectivity index (χ3v) is 7.89. The van der Waals surface area contributed by atoms with Gasteiger partial charge in [-0.05, 0) is 50.3 Å². The lowest BCUT2D eigenvalue weighted by Gasteiger charge is -2.34. The molecule has 3 N–H and O–H groups in total. The number of carbonyl (C=O) groups excluding carboxylic acids is 1. The zero-order chi connectivity index (χ0) is 17.0. The van der Waals surface area contributed by atoms with E-state index < -0.39 is 20.5 Å². The standard InChI is InChI=1S/C16H19BrN2O3S/c1-16(2)7-9(3-4-23(16,21)22)13-8-19-14-11(13)5-10(17)6-12(14)15(18)20/h5-6,8-9,19H,3-4,7H2,1-2H3,(H2,18,20)/t9-/m1/s1. The Labute approximate surface area is 143 Å². The molecule has 23 heavy (non-hydrogen) atoms. The maximum atomic E-state index is 12.2. The average molecular weight is 399 g/mol. The molecule has 0 unspecified atom stereocenters. The Kier molecular flexibility index (Phi) is 3.84. The number of aromatic amines is 1. The third kappa shape index (κ3) is 2.70. The first-order chi connectivity index (χ1) is 10.6. The Morgan fingerprint density at radius 3 is 2.70 bits per heavy atom. The van der Waals surface area contributed by atoms with Crippen molar-refractivity contribution >= 4 is 42.6 Å².